The Labute approximate surface area is 227 Å². The van der Waals surface area contributed by atoms with Gasteiger partial charge in [0.1, 0.15) is 23.6 Å². The standard InChI is InChI=1S/C29H32N6O4/c1-4-5-14-38-29(37)30-13-12-27(36)34-22-7-10-25-24(16-22)28(33-18-32-25)35-21-8-11-26(19(2)15-21)39-23-9-6-20(3)31-17-23/h6-11,15-18H,4-5,12-14H2,1-3H3,(H,30,37)(H,34,36)(H,32,33,35). The first-order chi connectivity index (χ1) is 18.9. The normalized spacial score (nSPS) is 10.6. The predicted octanol–water partition coefficient (Wildman–Crippen LogP) is 6.03. The molecule has 0 aliphatic carbocycles. The van der Waals surface area contributed by atoms with E-state index in [2.05, 4.69) is 30.9 Å². The van der Waals surface area contributed by atoms with Crippen molar-refractivity contribution in [2.45, 2.75) is 40.0 Å². The summed E-state index contributed by atoms with van der Waals surface area (Å²) >= 11 is 0. The molecule has 10 nitrogen and oxygen atoms in total. The van der Waals surface area contributed by atoms with E-state index in [0.29, 0.717) is 23.9 Å². The molecule has 0 aliphatic heterocycles. The number of carbonyl (C=O) groups is 2. The van der Waals surface area contributed by atoms with Crippen LogP contribution >= 0.6 is 0 Å². The first-order valence-corrected chi connectivity index (χ1v) is 12.8. The van der Waals surface area contributed by atoms with Crippen LogP contribution in [0.1, 0.15) is 37.4 Å². The van der Waals surface area contributed by atoms with Gasteiger partial charge >= 0.3 is 6.09 Å². The van der Waals surface area contributed by atoms with Gasteiger partial charge in [0.25, 0.3) is 0 Å². The van der Waals surface area contributed by atoms with Gasteiger partial charge < -0.3 is 25.4 Å². The summed E-state index contributed by atoms with van der Waals surface area (Å²) in [5.74, 6) is 1.77. The smallest absolute Gasteiger partial charge is 0.407 e. The lowest BCUT2D eigenvalue weighted by molar-refractivity contribution is -0.116. The lowest BCUT2D eigenvalue weighted by Gasteiger charge is -2.13. The third-order valence-electron chi connectivity index (χ3n) is 5.82. The van der Waals surface area contributed by atoms with E-state index in [4.69, 9.17) is 9.47 Å². The summed E-state index contributed by atoms with van der Waals surface area (Å²) in [5.41, 5.74) is 4.02. The van der Waals surface area contributed by atoms with Gasteiger partial charge in [0, 0.05) is 35.4 Å². The number of unbranched alkanes of at least 4 members (excludes halogenated alkanes) is 1. The van der Waals surface area contributed by atoms with E-state index in [-0.39, 0.29) is 18.9 Å². The molecule has 0 radical (unpaired) electrons. The molecule has 0 aliphatic rings. The number of hydrogen-bond acceptors (Lipinski definition) is 8. The zero-order chi connectivity index (χ0) is 27.6. The SMILES string of the molecule is CCCCOC(=O)NCCC(=O)Nc1ccc2ncnc(Nc3ccc(Oc4ccc(C)nc4)c(C)c3)c2c1. The number of anilines is 3. The summed E-state index contributed by atoms with van der Waals surface area (Å²) in [5, 5.41) is 9.53. The van der Waals surface area contributed by atoms with Gasteiger partial charge in [0.2, 0.25) is 5.91 Å². The molecule has 10 heteroatoms. The van der Waals surface area contributed by atoms with Gasteiger partial charge in [-0.3, -0.25) is 9.78 Å². The summed E-state index contributed by atoms with van der Waals surface area (Å²) in [6.07, 6.45) is 4.53. The first-order valence-electron chi connectivity index (χ1n) is 12.8. The van der Waals surface area contributed by atoms with Gasteiger partial charge in [0.15, 0.2) is 0 Å². The molecule has 2 aromatic carbocycles. The number of aromatic nitrogens is 3. The second-order valence-electron chi connectivity index (χ2n) is 9.01. The van der Waals surface area contributed by atoms with Crippen molar-refractivity contribution in [1.29, 1.82) is 0 Å². The maximum absolute atomic E-state index is 12.4. The Morgan fingerprint density at radius 3 is 2.56 bits per heavy atom. The third-order valence-corrected chi connectivity index (χ3v) is 5.82. The summed E-state index contributed by atoms with van der Waals surface area (Å²) in [7, 11) is 0. The number of aryl methyl sites for hydroxylation is 2. The minimum Gasteiger partial charge on any atom is -0.455 e. The molecule has 2 amide bonds. The van der Waals surface area contributed by atoms with Gasteiger partial charge in [-0.15, -0.1) is 0 Å². The lowest BCUT2D eigenvalue weighted by atomic mass is 10.1. The van der Waals surface area contributed by atoms with Crippen molar-refractivity contribution in [3.63, 3.8) is 0 Å². The molecule has 0 saturated carbocycles. The van der Waals surface area contributed by atoms with Crippen molar-refractivity contribution < 1.29 is 19.1 Å². The first kappa shape index (κ1) is 27.3. The number of amides is 2. The fourth-order valence-corrected chi connectivity index (χ4v) is 3.72. The second kappa shape index (κ2) is 13.2. The lowest BCUT2D eigenvalue weighted by Crippen LogP contribution is -2.28. The molecule has 4 aromatic rings. The van der Waals surface area contributed by atoms with E-state index < -0.39 is 6.09 Å². The number of benzene rings is 2. The largest absolute Gasteiger partial charge is 0.455 e. The minimum atomic E-state index is -0.517. The molecule has 0 atom stereocenters. The van der Waals surface area contributed by atoms with Crippen LogP contribution in [0, 0.1) is 13.8 Å². The Morgan fingerprint density at radius 1 is 0.949 bits per heavy atom. The molecule has 202 valence electrons. The predicted molar refractivity (Wildman–Crippen MR) is 151 cm³/mol. The number of nitrogens with one attached hydrogen (secondary N) is 3. The number of rotatable bonds is 11. The molecule has 2 heterocycles. The van der Waals surface area contributed by atoms with Crippen LogP contribution in [-0.4, -0.2) is 40.1 Å². The van der Waals surface area contributed by atoms with Crippen molar-refractivity contribution in [3.8, 4) is 11.5 Å². The van der Waals surface area contributed by atoms with E-state index in [1.54, 1.807) is 12.3 Å². The van der Waals surface area contributed by atoms with Crippen LogP contribution in [0.2, 0.25) is 0 Å². The van der Waals surface area contributed by atoms with Crippen LogP contribution in [0.4, 0.5) is 22.0 Å². The van der Waals surface area contributed by atoms with Crippen LogP contribution in [0.5, 0.6) is 11.5 Å². The summed E-state index contributed by atoms with van der Waals surface area (Å²) < 4.78 is 11.0. The van der Waals surface area contributed by atoms with Crippen molar-refractivity contribution in [1.82, 2.24) is 20.3 Å². The Bertz CT molecular complexity index is 1440. The topological polar surface area (TPSA) is 127 Å². The molecule has 39 heavy (non-hydrogen) atoms. The van der Waals surface area contributed by atoms with E-state index in [9.17, 15) is 9.59 Å². The van der Waals surface area contributed by atoms with E-state index in [1.807, 2.05) is 63.2 Å². The fourth-order valence-electron chi connectivity index (χ4n) is 3.72. The minimum absolute atomic E-state index is 0.115. The van der Waals surface area contributed by atoms with Crippen LogP contribution < -0.4 is 20.7 Å². The molecule has 0 spiro atoms. The number of hydrogen-bond donors (Lipinski definition) is 3. The number of alkyl carbamates (subject to hydrolysis) is 1. The Hall–Kier alpha value is -4.73. The Kier molecular flexibility index (Phi) is 9.23. The highest BCUT2D eigenvalue weighted by Gasteiger charge is 2.10. The molecule has 0 unspecified atom stereocenters. The maximum Gasteiger partial charge on any atom is 0.407 e. The Morgan fingerprint density at radius 2 is 1.79 bits per heavy atom. The number of pyridine rings is 1. The third kappa shape index (κ3) is 7.88. The second-order valence-corrected chi connectivity index (χ2v) is 9.01. The van der Waals surface area contributed by atoms with Crippen molar-refractivity contribution >= 4 is 40.1 Å². The van der Waals surface area contributed by atoms with Gasteiger partial charge in [-0.25, -0.2) is 14.8 Å². The van der Waals surface area contributed by atoms with E-state index in [1.165, 1.54) is 6.33 Å². The molecule has 0 fully saturated rings. The Balaban J connectivity index is 1.39. The van der Waals surface area contributed by atoms with Crippen LogP contribution in [0.3, 0.4) is 0 Å². The summed E-state index contributed by atoms with van der Waals surface area (Å²) in [4.78, 5) is 37.1. The van der Waals surface area contributed by atoms with E-state index >= 15 is 0 Å². The zero-order valence-electron chi connectivity index (χ0n) is 22.3. The quantitative estimate of drug-likeness (QED) is 0.201. The average Bonchev–Trinajstić information content (AvgIpc) is 2.92. The van der Waals surface area contributed by atoms with Crippen molar-refractivity contribution in [2.75, 3.05) is 23.8 Å². The average molecular weight is 529 g/mol. The molecular weight excluding hydrogens is 496 g/mol. The highest BCUT2D eigenvalue weighted by atomic mass is 16.5. The van der Waals surface area contributed by atoms with E-state index in [0.717, 1.165) is 46.4 Å². The van der Waals surface area contributed by atoms with Gasteiger partial charge in [0.05, 0.1) is 18.3 Å². The van der Waals surface area contributed by atoms with Crippen LogP contribution in [0.15, 0.2) is 61.1 Å². The number of fused-ring (bicyclic) bond motifs is 1. The number of nitrogens with zero attached hydrogens (tertiary/aromatic N) is 3. The summed E-state index contributed by atoms with van der Waals surface area (Å²) in [6, 6.07) is 15.0. The number of ether oxygens (including phenoxy) is 2. The van der Waals surface area contributed by atoms with Gasteiger partial charge in [-0.05, 0) is 74.4 Å². The van der Waals surface area contributed by atoms with Crippen LogP contribution in [0.25, 0.3) is 10.9 Å². The summed E-state index contributed by atoms with van der Waals surface area (Å²) in [6.45, 7) is 6.46. The molecule has 3 N–H and O–H groups in total. The van der Waals surface area contributed by atoms with Gasteiger partial charge in [-0.1, -0.05) is 13.3 Å². The molecule has 0 saturated heterocycles. The van der Waals surface area contributed by atoms with Gasteiger partial charge in [-0.2, -0.15) is 0 Å². The monoisotopic (exact) mass is 528 g/mol. The molecule has 4 rings (SSSR count). The highest BCUT2D eigenvalue weighted by Crippen LogP contribution is 2.30. The molecular formula is C29H32N6O4. The fraction of sp³-hybridized carbons (Fsp3) is 0.276. The van der Waals surface area contributed by atoms with Crippen molar-refractivity contribution in [3.05, 3.63) is 72.3 Å². The van der Waals surface area contributed by atoms with Crippen LogP contribution in [-0.2, 0) is 9.53 Å². The maximum atomic E-state index is 12.4. The van der Waals surface area contributed by atoms with Crippen molar-refractivity contribution in [2.24, 2.45) is 0 Å². The molecule has 2 aromatic heterocycles. The highest BCUT2D eigenvalue weighted by molar-refractivity contribution is 5.97. The zero-order valence-corrected chi connectivity index (χ0v) is 22.3. The molecule has 0 bridgehead atoms. The number of carbonyl (C=O) groups excluding carboxylic acids is 2.